The highest BCUT2D eigenvalue weighted by Crippen LogP contribution is 2.25. The fraction of sp³-hybridized carbons (Fsp3) is 0.296. The van der Waals surface area contributed by atoms with Crippen LogP contribution in [0.4, 0.5) is 4.79 Å². The zero-order chi connectivity index (χ0) is 22.8. The van der Waals surface area contributed by atoms with E-state index >= 15 is 0 Å². The first-order valence-electron chi connectivity index (χ1n) is 10.8. The van der Waals surface area contributed by atoms with Crippen molar-refractivity contribution in [3.8, 4) is 5.75 Å². The van der Waals surface area contributed by atoms with E-state index < -0.39 is 11.7 Å². The van der Waals surface area contributed by atoms with E-state index in [2.05, 4.69) is 41.7 Å². The molecule has 168 valence electrons. The number of rotatable bonds is 9. The topological polar surface area (TPSA) is 47.6 Å². The molecule has 0 bridgehead atoms. The molecule has 0 aliphatic rings. The molecule has 0 saturated carbocycles. The molecule has 0 aliphatic heterocycles. The Balaban J connectivity index is 1.56. The minimum Gasteiger partial charge on any atom is -0.491 e. The van der Waals surface area contributed by atoms with Gasteiger partial charge in [0.2, 0.25) is 0 Å². The van der Waals surface area contributed by atoms with Crippen LogP contribution in [0.15, 0.2) is 89.8 Å². The van der Waals surface area contributed by atoms with E-state index in [4.69, 9.17) is 9.47 Å². The van der Waals surface area contributed by atoms with Crippen molar-refractivity contribution < 1.29 is 14.3 Å². The normalized spacial score (nSPS) is 12.1. The molecule has 1 N–H and O–H groups in total. The molecule has 0 aliphatic carbocycles. The standard InChI is InChI=1S/C27H31NO3S/c1-27(2,3)31-26(29)28-23(18-21-10-6-4-7-11-21)19-30-24-14-16-25(17-15-24)32-20-22-12-8-5-9-13-22/h4-17,23H,18-20H2,1-3H3,(H,28,29)/t23-/m0/s1. The summed E-state index contributed by atoms with van der Waals surface area (Å²) < 4.78 is 11.4. The molecule has 0 saturated heterocycles. The van der Waals surface area contributed by atoms with E-state index in [0.29, 0.717) is 13.0 Å². The van der Waals surface area contributed by atoms with Crippen molar-refractivity contribution >= 4 is 17.9 Å². The predicted octanol–water partition coefficient (Wildman–Crippen LogP) is 6.49. The Labute approximate surface area is 195 Å². The highest BCUT2D eigenvalue weighted by Gasteiger charge is 2.20. The lowest BCUT2D eigenvalue weighted by atomic mass is 10.1. The Morgan fingerprint density at radius 1 is 0.875 bits per heavy atom. The van der Waals surface area contributed by atoms with Gasteiger partial charge in [-0.15, -0.1) is 11.8 Å². The fourth-order valence-corrected chi connectivity index (χ4v) is 3.95. The monoisotopic (exact) mass is 449 g/mol. The van der Waals surface area contributed by atoms with Crippen molar-refractivity contribution in [1.82, 2.24) is 5.32 Å². The van der Waals surface area contributed by atoms with Crippen LogP contribution >= 0.6 is 11.8 Å². The van der Waals surface area contributed by atoms with Gasteiger partial charge in [-0.2, -0.15) is 0 Å². The number of benzene rings is 3. The molecule has 3 aromatic carbocycles. The van der Waals surface area contributed by atoms with Gasteiger partial charge in [-0.1, -0.05) is 60.7 Å². The van der Waals surface area contributed by atoms with Crippen molar-refractivity contribution in [2.24, 2.45) is 0 Å². The first-order valence-corrected chi connectivity index (χ1v) is 11.8. The molecule has 1 amide bonds. The number of carbonyl (C=O) groups is 1. The molecule has 3 rings (SSSR count). The molecule has 32 heavy (non-hydrogen) atoms. The molecule has 0 fully saturated rings. The summed E-state index contributed by atoms with van der Waals surface area (Å²) in [5.41, 5.74) is 1.88. The Hall–Kier alpha value is -2.92. The van der Waals surface area contributed by atoms with E-state index in [1.54, 1.807) is 11.8 Å². The fourth-order valence-electron chi connectivity index (χ4n) is 3.09. The third kappa shape index (κ3) is 8.67. The van der Waals surface area contributed by atoms with Gasteiger partial charge in [0.1, 0.15) is 18.0 Å². The van der Waals surface area contributed by atoms with Crippen LogP contribution in [0.3, 0.4) is 0 Å². The van der Waals surface area contributed by atoms with Crippen LogP contribution < -0.4 is 10.1 Å². The van der Waals surface area contributed by atoms with Gasteiger partial charge in [0, 0.05) is 10.6 Å². The van der Waals surface area contributed by atoms with Crippen molar-refractivity contribution in [3.63, 3.8) is 0 Å². The third-order valence-corrected chi connectivity index (χ3v) is 5.65. The van der Waals surface area contributed by atoms with Crippen LogP contribution in [-0.2, 0) is 16.9 Å². The Morgan fingerprint density at radius 3 is 2.06 bits per heavy atom. The molecule has 4 nitrogen and oxygen atoms in total. The molecule has 5 heteroatoms. The van der Waals surface area contributed by atoms with Gasteiger partial charge in [0.25, 0.3) is 0 Å². The van der Waals surface area contributed by atoms with Crippen LogP contribution in [-0.4, -0.2) is 24.3 Å². The minimum atomic E-state index is -0.546. The first kappa shape index (κ1) is 23.7. The SMILES string of the molecule is CC(C)(C)OC(=O)N[C@H](COc1ccc(SCc2ccccc2)cc1)Cc1ccccc1. The third-order valence-electron chi connectivity index (χ3n) is 4.57. The summed E-state index contributed by atoms with van der Waals surface area (Å²) >= 11 is 1.79. The lowest BCUT2D eigenvalue weighted by Gasteiger charge is -2.24. The van der Waals surface area contributed by atoms with Gasteiger partial charge in [-0.05, 0) is 62.6 Å². The van der Waals surface area contributed by atoms with Crippen molar-refractivity contribution in [1.29, 1.82) is 0 Å². The van der Waals surface area contributed by atoms with E-state index in [9.17, 15) is 4.79 Å². The van der Waals surface area contributed by atoms with Gasteiger partial charge in [0.15, 0.2) is 0 Å². The second-order valence-corrected chi connectivity index (χ2v) is 9.64. The van der Waals surface area contributed by atoms with Crippen LogP contribution in [0.5, 0.6) is 5.75 Å². The average Bonchev–Trinajstić information content (AvgIpc) is 2.77. The number of amides is 1. The smallest absolute Gasteiger partial charge is 0.408 e. The van der Waals surface area contributed by atoms with E-state index in [0.717, 1.165) is 17.1 Å². The van der Waals surface area contributed by atoms with Gasteiger partial charge in [-0.25, -0.2) is 4.79 Å². The van der Waals surface area contributed by atoms with Gasteiger partial charge in [-0.3, -0.25) is 0 Å². The molecule has 0 spiro atoms. The summed E-state index contributed by atoms with van der Waals surface area (Å²) in [5, 5.41) is 2.95. The molecular weight excluding hydrogens is 418 g/mol. The van der Waals surface area contributed by atoms with E-state index in [1.165, 1.54) is 10.5 Å². The summed E-state index contributed by atoms with van der Waals surface area (Å²) in [4.78, 5) is 13.5. The maximum absolute atomic E-state index is 12.3. The molecule has 0 radical (unpaired) electrons. The lowest BCUT2D eigenvalue weighted by molar-refractivity contribution is 0.0488. The number of carbonyl (C=O) groups excluding carboxylic acids is 1. The van der Waals surface area contributed by atoms with Gasteiger partial charge >= 0.3 is 6.09 Å². The van der Waals surface area contributed by atoms with Gasteiger partial charge in [0.05, 0.1) is 6.04 Å². The van der Waals surface area contributed by atoms with Gasteiger partial charge < -0.3 is 14.8 Å². The van der Waals surface area contributed by atoms with Crippen LogP contribution in [0, 0.1) is 0 Å². The highest BCUT2D eigenvalue weighted by atomic mass is 32.2. The average molecular weight is 450 g/mol. The van der Waals surface area contributed by atoms with Crippen molar-refractivity contribution in [2.45, 2.75) is 49.5 Å². The predicted molar refractivity (Wildman–Crippen MR) is 131 cm³/mol. The molecular formula is C27H31NO3S. The number of nitrogens with one attached hydrogen (secondary N) is 1. The number of alkyl carbamates (subject to hydrolysis) is 1. The highest BCUT2D eigenvalue weighted by molar-refractivity contribution is 7.98. The quantitative estimate of drug-likeness (QED) is 0.379. The Morgan fingerprint density at radius 2 is 1.47 bits per heavy atom. The van der Waals surface area contributed by atoms with Crippen LogP contribution in [0.1, 0.15) is 31.9 Å². The summed E-state index contributed by atoms with van der Waals surface area (Å²) in [7, 11) is 0. The lowest BCUT2D eigenvalue weighted by Crippen LogP contribution is -2.43. The van der Waals surface area contributed by atoms with Crippen molar-refractivity contribution in [2.75, 3.05) is 6.61 Å². The summed E-state index contributed by atoms with van der Waals surface area (Å²) in [6, 6.07) is 28.3. The second-order valence-electron chi connectivity index (χ2n) is 8.59. The van der Waals surface area contributed by atoms with E-state index in [1.807, 2.05) is 69.3 Å². The summed E-state index contributed by atoms with van der Waals surface area (Å²) in [6.45, 7) is 5.91. The maximum atomic E-state index is 12.3. The largest absolute Gasteiger partial charge is 0.491 e. The number of thioether (sulfide) groups is 1. The number of hydrogen-bond acceptors (Lipinski definition) is 4. The summed E-state index contributed by atoms with van der Waals surface area (Å²) in [6.07, 6.45) is 0.222. The molecule has 1 atom stereocenters. The first-order chi connectivity index (χ1) is 15.4. The zero-order valence-electron chi connectivity index (χ0n) is 18.9. The maximum Gasteiger partial charge on any atom is 0.408 e. The molecule has 0 unspecified atom stereocenters. The minimum absolute atomic E-state index is 0.209. The Bertz CT molecular complexity index is 954. The number of hydrogen-bond donors (Lipinski definition) is 1. The molecule has 3 aromatic rings. The molecule has 0 heterocycles. The van der Waals surface area contributed by atoms with E-state index in [-0.39, 0.29) is 6.04 Å². The van der Waals surface area contributed by atoms with Crippen LogP contribution in [0.25, 0.3) is 0 Å². The number of ether oxygens (including phenoxy) is 2. The van der Waals surface area contributed by atoms with Crippen LogP contribution in [0.2, 0.25) is 0 Å². The zero-order valence-corrected chi connectivity index (χ0v) is 19.7. The Kier molecular flexibility index (Phi) is 8.63. The summed E-state index contributed by atoms with van der Waals surface area (Å²) in [5.74, 6) is 1.71. The van der Waals surface area contributed by atoms with Crippen molar-refractivity contribution in [3.05, 3.63) is 96.1 Å². The molecule has 0 aromatic heterocycles. The second kappa shape index (κ2) is 11.6.